The Morgan fingerprint density at radius 2 is 1.60 bits per heavy atom. The first-order valence-corrected chi connectivity index (χ1v) is 6.13. The lowest BCUT2D eigenvalue weighted by atomic mass is 9.85. The summed E-state index contributed by atoms with van der Waals surface area (Å²) >= 11 is 2.12. The van der Waals surface area contributed by atoms with Crippen LogP contribution >= 0.6 is 22.6 Å². The Morgan fingerprint density at radius 3 is 2.13 bits per heavy atom. The van der Waals surface area contributed by atoms with Gasteiger partial charge < -0.3 is 0 Å². The standard InChI is InChI=1S/C12H9IO2/c1-7-10(6-13)12(15)9-5-3-2-4-8(9)11(7)14/h2-5H,6H2,1H3. The van der Waals surface area contributed by atoms with E-state index in [1.807, 2.05) is 0 Å². The van der Waals surface area contributed by atoms with E-state index < -0.39 is 0 Å². The van der Waals surface area contributed by atoms with E-state index in [9.17, 15) is 9.59 Å². The minimum atomic E-state index is -0.0168. The predicted octanol–water partition coefficient (Wildman–Crippen LogP) is 2.82. The molecular formula is C12H9IO2. The van der Waals surface area contributed by atoms with Crippen molar-refractivity contribution in [3.05, 3.63) is 46.5 Å². The van der Waals surface area contributed by atoms with E-state index in [0.29, 0.717) is 26.7 Å². The van der Waals surface area contributed by atoms with Crippen molar-refractivity contribution in [1.82, 2.24) is 0 Å². The Morgan fingerprint density at radius 1 is 1.07 bits per heavy atom. The maximum Gasteiger partial charge on any atom is 0.190 e. The number of allylic oxidation sites excluding steroid dienone is 2. The fraction of sp³-hybridized carbons (Fsp3) is 0.167. The molecule has 0 saturated heterocycles. The molecule has 0 amide bonds. The van der Waals surface area contributed by atoms with Crippen molar-refractivity contribution >= 4 is 34.2 Å². The van der Waals surface area contributed by atoms with Gasteiger partial charge in [0.15, 0.2) is 11.6 Å². The molecule has 1 aromatic carbocycles. The van der Waals surface area contributed by atoms with E-state index in [4.69, 9.17) is 0 Å². The normalized spacial score (nSPS) is 15.6. The van der Waals surface area contributed by atoms with Gasteiger partial charge in [-0.3, -0.25) is 9.59 Å². The molecule has 0 heterocycles. The molecule has 15 heavy (non-hydrogen) atoms. The largest absolute Gasteiger partial charge is 0.289 e. The summed E-state index contributed by atoms with van der Waals surface area (Å²) in [6.07, 6.45) is 0. The Labute approximate surface area is 102 Å². The first kappa shape index (κ1) is 10.5. The molecule has 2 nitrogen and oxygen atoms in total. The van der Waals surface area contributed by atoms with Gasteiger partial charge in [0, 0.05) is 26.7 Å². The zero-order valence-corrected chi connectivity index (χ0v) is 10.4. The van der Waals surface area contributed by atoms with Crippen molar-refractivity contribution in [3.63, 3.8) is 0 Å². The van der Waals surface area contributed by atoms with Crippen LogP contribution in [-0.2, 0) is 0 Å². The van der Waals surface area contributed by atoms with Crippen LogP contribution in [0.2, 0.25) is 0 Å². The molecule has 0 N–H and O–H groups in total. The number of hydrogen-bond donors (Lipinski definition) is 0. The SMILES string of the molecule is CC1=C(CI)C(=O)c2ccccc2C1=O. The minimum Gasteiger partial charge on any atom is -0.289 e. The highest BCUT2D eigenvalue weighted by molar-refractivity contribution is 14.1. The Hall–Kier alpha value is -0.970. The van der Waals surface area contributed by atoms with E-state index in [1.165, 1.54) is 0 Å². The second kappa shape index (κ2) is 3.89. The van der Waals surface area contributed by atoms with Crippen LogP contribution < -0.4 is 0 Å². The lowest BCUT2D eigenvalue weighted by Crippen LogP contribution is -2.21. The molecule has 0 bridgehead atoms. The maximum absolute atomic E-state index is 12.0. The highest BCUT2D eigenvalue weighted by atomic mass is 127. The average molecular weight is 312 g/mol. The van der Waals surface area contributed by atoms with Crippen LogP contribution in [0.25, 0.3) is 0 Å². The molecule has 0 atom stereocenters. The van der Waals surface area contributed by atoms with Crippen LogP contribution in [0, 0.1) is 0 Å². The summed E-state index contributed by atoms with van der Waals surface area (Å²) in [5.41, 5.74) is 2.31. The molecule has 1 aliphatic carbocycles. The third-order valence-electron chi connectivity index (χ3n) is 2.62. The van der Waals surface area contributed by atoms with Gasteiger partial charge in [-0.2, -0.15) is 0 Å². The molecule has 0 unspecified atom stereocenters. The molecule has 0 aromatic heterocycles. The highest BCUT2D eigenvalue weighted by Gasteiger charge is 2.28. The topological polar surface area (TPSA) is 34.1 Å². The lowest BCUT2D eigenvalue weighted by Gasteiger charge is -2.17. The first-order valence-electron chi connectivity index (χ1n) is 4.61. The van der Waals surface area contributed by atoms with E-state index in [-0.39, 0.29) is 11.6 Å². The number of Topliss-reactive ketones (excluding diaryl/α,β-unsaturated/α-hetero) is 2. The van der Waals surface area contributed by atoms with Gasteiger partial charge in [0.2, 0.25) is 0 Å². The van der Waals surface area contributed by atoms with E-state index >= 15 is 0 Å². The van der Waals surface area contributed by atoms with Gasteiger partial charge in [-0.15, -0.1) is 0 Å². The molecule has 2 rings (SSSR count). The molecule has 0 aliphatic heterocycles. The molecule has 0 saturated carbocycles. The Balaban J connectivity index is 2.68. The fourth-order valence-corrected chi connectivity index (χ4v) is 2.63. The first-order chi connectivity index (χ1) is 7.16. The fourth-order valence-electron chi connectivity index (χ4n) is 1.71. The summed E-state index contributed by atoms with van der Waals surface area (Å²) in [6, 6.07) is 7.00. The molecule has 3 heteroatoms. The number of fused-ring (bicyclic) bond motifs is 1. The number of hydrogen-bond acceptors (Lipinski definition) is 2. The van der Waals surface area contributed by atoms with Crippen LogP contribution in [-0.4, -0.2) is 16.0 Å². The third kappa shape index (κ3) is 1.55. The van der Waals surface area contributed by atoms with Crippen LogP contribution in [0.5, 0.6) is 0 Å². The van der Waals surface area contributed by atoms with E-state index in [1.54, 1.807) is 31.2 Å². The van der Waals surface area contributed by atoms with E-state index in [2.05, 4.69) is 22.6 Å². The van der Waals surface area contributed by atoms with Gasteiger partial charge in [-0.05, 0) is 6.92 Å². The number of benzene rings is 1. The summed E-state index contributed by atoms with van der Waals surface area (Å²) in [4.78, 5) is 23.9. The molecule has 1 aliphatic rings. The number of alkyl halides is 1. The van der Waals surface area contributed by atoms with Gasteiger partial charge in [0.25, 0.3) is 0 Å². The number of carbonyl (C=O) groups is 2. The second-order valence-electron chi connectivity index (χ2n) is 3.44. The van der Waals surface area contributed by atoms with Crippen molar-refractivity contribution in [3.8, 4) is 0 Å². The van der Waals surface area contributed by atoms with E-state index in [0.717, 1.165) is 0 Å². The quantitative estimate of drug-likeness (QED) is 0.590. The summed E-state index contributed by atoms with van der Waals surface area (Å²) in [6.45, 7) is 1.73. The number of ketones is 2. The van der Waals surface area contributed by atoms with Crippen molar-refractivity contribution in [2.24, 2.45) is 0 Å². The minimum absolute atomic E-state index is 0.00269. The van der Waals surface area contributed by atoms with Gasteiger partial charge in [0.1, 0.15) is 0 Å². The predicted molar refractivity (Wildman–Crippen MR) is 66.7 cm³/mol. The molecule has 0 radical (unpaired) electrons. The van der Waals surface area contributed by atoms with Gasteiger partial charge >= 0.3 is 0 Å². The maximum atomic E-state index is 12.0. The zero-order valence-electron chi connectivity index (χ0n) is 8.21. The van der Waals surface area contributed by atoms with Crippen LogP contribution in [0.1, 0.15) is 27.6 Å². The van der Waals surface area contributed by atoms with Crippen LogP contribution in [0.15, 0.2) is 35.4 Å². The molecule has 0 fully saturated rings. The van der Waals surface area contributed by atoms with Crippen molar-refractivity contribution in [2.75, 3.05) is 4.43 Å². The van der Waals surface area contributed by atoms with Crippen molar-refractivity contribution in [2.45, 2.75) is 6.92 Å². The zero-order chi connectivity index (χ0) is 11.0. The summed E-state index contributed by atoms with van der Waals surface area (Å²) < 4.78 is 0.586. The summed E-state index contributed by atoms with van der Waals surface area (Å²) in [5.74, 6) is -0.0195. The lowest BCUT2D eigenvalue weighted by molar-refractivity contribution is 0.0975. The van der Waals surface area contributed by atoms with Crippen molar-refractivity contribution < 1.29 is 9.59 Å². The Bertz CT molecular complexity index is 486. The van der Waals surface area contributed by atoms with Gasteiger partial charge in [0.05, 0.1) is 0 Å². The Kier molecular flexibility index (Phi) is 2.73. The molecule has 76 valence electrons. The number of rotatable bonds is 1. The highest BCUT2D eigenvalue weighted by Crippen LogP contribution is 2.26. The van der Waals surface area contributed by atoms with Crippen molar-refractivity contribution in [1.29, 1.82) is 0 Å². The molecule has 0 spiro atoms. The second-order valence-corrected chi connectivity index (χ2v) is 4.20. The monoisotopic (exact) mass is 312 g/mol. The average Bonchev–Trinajstić information content (AvgIpc) is 2.27. The van der Waals surface area contributed by atoms with Crippen LogP contribution in [0.4, 0.5) is 0 Å². The summed E-state index contributed by atoms with van der Waals surface area (Å²) in [5, 5.41) is 0. The smallest absolute Gasteiger partial charge is 0.190 e. The van der Waals surface area contributed by atoms with Gasteiger partial charge in [-0.25, -0.2) is 0 Å². The van der Waals surface area contributed by atoms with Crippen LogP contribution in [0.3, 0.4) is 0 Å². The summed E-state index contributed by atoms with van der Waals surface area (Å²) in [7, 11) is 0. The number of halogens is 1. The molecule has 1 aromatic rings. The van der Waals surface area contributed by atoms with Gasteiger partial charge in [-0.1, -0.05) is 46.9 Å². The number of carbonyl (C=O) groups excluding carboxylic acids is 2. The third-order valence-corrected chi connectivity index (χ3v) is 3.38. The molecular weight excluding hydrogens is 303 g/mol.